The lowest BCUT2D eigenvalue weighted by atomic mass is 9.89. The molecule has 23 heavy (non-hydrogen) atoms. The number of carboxylic acids is 1. The van der Waals surface area contributed by atoms with Gasteiger partial charge in [0.1, 0.15) is 0 Å². The average Bonchev–Trinajstić information content (AvgIpc) is 3.03. The van der Waals surface area contributed by atoms with E-state index in [0.717, 1.165) is 50.2 Å². The predicted molar refractivity (Wildman–Crippen MR) is 92.1 cm³/mol. The van der Waals surface area contributed by atoms with Crippen LogP contribution in [0.5, 0.6) is 0 Å². The molecule has 1 N–H and O–H groups in total. The van der Waals surface area contributed by atoms with Gasteiger partial charge in [-0.25, -0.2) is 9.78 Å². The lowest BCUT2D eigenvalue weighted by molar-refractivity contribution is 0.0696. The topological polar surface area (TPSA) is 53.4 Å². The van der Waals surface area contributed by atoms with Crippen LogP contribution in [-0.4, -0.2) is 34.0 Å². The Hall–Kier alpha value is -1.72. The molecule has 0 unspecified atom stereocenters. The summed E-state index contributed by atoms with van der Waals surface area (Å²) in [5, 5.41) is 12.5. The summed E-state index contributed by atoms with van der Waals surface area (Å²) in [4.78, 5) is 18.3. The number of carboxylic acid groups (broad SMARTS) is 1. The first-order valence-corrected chi connectivity index (χ1v) is 9.02. The molecule has 1 fully saturated rings. The Morgan fingerprint density at radius 3 is 3.09 bits per heavy atom. The highest BCUT2D eigenvalue weighted by atomic mass is 32.1. The third kappa shape index (κ3) is 3.98. The molecule has 122 valence electrons. The molecule has 0 aliphatic carbocycles. The fourth-order valence-electron chi connectivity index (χ4n) is 3.21. The first kappa shape index (κ1) is 16.1. The van der Waals surface area contributed by atoms with Crippen molar-refractivity contribution < 1.29 is 9.90 Å². The number of benzene rings is 1. The molecule has 0 bridgehead atoms. The number of likely N-dealkylation sites (tertiary alicyclic amines) is 1. The van der Waals surface area contributed by atoms with Crippen LogP contribution >= 0.6 is 11.3 Å². The van der Waals surface area contributed by atoms with Crippen LogP contribution in [0.4, 0.5) is 0 Å². The minimum Gasteiger partial charge on any atom is -0.478 e. The van der Waals surface area contributed by atoms with E-state index in [9.17, 15) is 4.79 Å². The number of aromatic nitrogens is 1. The van der Waals surface area contributed by atoms with Gasteiger partial charge in [-0.3, -0.25) is 4.90 Å². The minimum atomic E-state index is -0.853. The van der Waals surface area contributed by atoms with Crippen molar-refractivity contribution in [2.75, 3.05) is 13.1 Å². The van der Waals surface area contributed by atoms with Crippen molar-refractivity contribution in [3.8, 4) is 0 Å². The van der Waals surface area contributed by atoms with Crippen molar-refractivity contribution in [1.82, 2.24) is 9.88 Å². The van der Waals surface area contributed by atoms with E-state index in [1.165, 1.54) is 5.01 Å². The van der Waals surface area contributed by atoms with E-state index in [-0.39, 0.29) is 0 Å². The van der Waals surface area contributed by atoms with E-state index < -0.39 is 5.97 Å². The maximum absolute atomic E-state index is 11.2. The van der Waals surface area contributed by atoms with Gasteiger partial charge in [-0.05, 0) is 49.4 Å². The molecule has 0 amide bonds. The molecule has 1 aliphatic heterocycles. The van der Waals surface area contributed by atoms with Gasteiger partial charge in [0.2, 0.25) is 0 Å². The third-order valence-electron chi connectivity index (χ3n) is 4.40. The van der Waals surface area contributed by atoms with Crippen LogP contribution in [0.1, 0.15) is 52.3 Å². The predicted octanol–water partition coefficient (Wildman–Crippen LogP) is 3.78. The average molecular weight is 330 g/mol. The largest absolute Gasteiger partial charge is 0.478 e. The van der Waals surface area contributed by atoms with Gasteiger partial charge in [-0.1, -0.05) is 19.1 Å². The Balaban J connectivity index is 1.68. The van der Waals surface area contributed by atoms with E-state index in [0.29, 0.717) is 11.5 Å². The fraction of sp³-hybridized carbons (Fsp3) is 0.444. The molecular weight excluding hydrogens is 308 g/mol. The molecule has 1 saturated heterocycles. The Morgan fingerprint density at radius 1 is 1.48 bits per heavy atom. The maximum atomic E-state index is 11.2. The Kier molecular flexibility index (Phi) is 5.08. The highest BCUT2D eigenvalue weighted by Gasteiger charge is 2.22. The number of nitrogens with zero attached hydrogens (tertiary/aromatic N) is 2. The summed E-state index contributed by atoms with van der Waals surface area (Å²) in [6.07, 6.45) is 3.26. The zero-order valence-electron chi connectivity index (χ0n) is 13.4. The molecule has 0 spiro atoms. The van der Waals surface area contributed by atoms with Crippen molar-refractivity contribution in [3.63, 3.8) is 0 Å². The number of aromatic carboxylic acids is 1. The summed E-state index contributed by atoms with van der Waals surface area (Å²) >= 11 is 1.74. The summed E-state index contributed by atoms with van der Waals surface area (Å²) in [7, 11) is 0. The van der Waals surface area contributed by atoms with Crippen LogP contribution in [0.2, 0.25) is 0 Å². The van der Waals surface area contributed by atoms with Crippen molar-refractivity contribution >= 4 is 17.3 Å². The first-order valence-electron chi connectivity index (χ1n) is 8.14. The molecule has 0 radical (unpaired) electrons. The Labute approximate surface area is 140 Å². The molecule has 0 saturated carbocycles. The van der Waals surface area contributed by atoms with Crippen molar-refractivity contribution in [2.24, 2.45) is 0 Å². The molecule has 4 nitrogen and oxygen atoms in total. The van der Waals surface area contributed by atoms with E-state index in [4.69, 9.17) is 5.11 Å². The van der Waals surface area contributed by atoms with Crippen molar-refractivity contribution in [3.05, 3.63) is 51.5 Å². The zero-order chi connectivity index (χ0) is 16.2. The van der Waals surface area contributed by atoms with Crippen molar-refractivity contribution in [2.45, 2.75) is 38.6 Å². The highest BCUT2D eigenvalue weighted by molar-refractivity contribution is 7.09. The second-order valence-electron chi connectivity index (χ2n) is 6.09. The number of piperidine rings is 1. The molecule has 1 aliphatic rings. The molecule has 1 atom stereocenters. The minimum absolute atomic E-state index is 0.381. The summed E-state index contributed by atoms with van der Waals surface area (Å²) in [5.41, 5.74) is 2.68. The molecule has 3 rings (SSSR count). The Morgan fingerprint density at radius 2 is 2.35 bits per heavy atom. The molecule has 2 heterocycles. The van der Waals surface area contributed by atoms with Crippen molar-refractivity contribution in [1.29, 1.82) is 0 Å². The summed E-state index contributed by atoms with van der Waals surface area (Å²) in [6.45, 7) is 5.09. The number of carbonyl (C=O) groups is 1. The SMILES string of the molecule is CCc1nc(CN2CCC[C@H](c3cccc(C(=O)O)c3)C2)cs1. The fourth-order valence-corrected chi connectivity index (χ4v) is 3.95. The highest BCUT2D eigenvalue weighted by Crippen LogP contribution is 2.28. The zero-order valence-corrected chi connectivity index (χ0v) is 14.2. The van der Waals surface area contributed by atoms with Gasteiger partial charge in [-0.15, -0.1) is 11.3 Å². The molecule has 2 aromatic rings. The summed E-state index contributed by atoms with van der Waals surface area (Å²) in [5.74, 6) is -0.443. The van der Waals surface area contributed by atoms with Crippen LogP contribution in [0.25, 0.3) is 0 Å². The second kappa shape index (κ2) is 7.23. The Bertz CT molecular complexity index is 683. The summed E-state index contributed by atoms with van der Waals surface area (Å²) < 4.78 is 0. The number of aryl methyl sites for hydroxylation is 1. The number of hydrogen-bond acceptors (Lipinski definition) is 4. The number of rotatable bonds is 5. The van der Waals surface area contributed by atoms with E-state index in [1.54, 1.807) is 17.4 Å². The second-order valence-corrected chi connectivity index (χ2v) is 7.03. The van der Waals surface area contributed by atoms with Gasteiger partial charge in [0.25, 0.3) is 0 Å². The third-order valence-corrected chi connectivity index (χ3v) is 5.44. The lowest BCUT2D eigenvalue weighted by Crippen LogP contribution is -2.34. The number of thiazole rings is 1. The van der Waals surface area contributed by atoms with Gasteiger partial charge in [0.05, 0.1) is 16.3 Å². The van der Waals surface area contributed by atoms with E-state index in [1.807, 2.05) is 12.1 Å². The van der Waals surface area contributed by atoms with Crippen LogP contribution in [0, 0.1) is 0 Å². The monoisotopic (exact) mass is 330 g/mol. The van der Waals surface area contributed by atoms with E-state index in [2.05, 4.69) is 28.3 Å². The standard InChI is InChI=1S/C18H22N2O2S/c1-2-17-19-16(12-23-17)11-20-8-4-7-15(10-20)13-5-3-6-14(9-13)18(21)22/h3,5-6,9,12,15H,2,4,7-8,10-11H2,1H3,(H,21,22)/t15-/m0/s1. The van der Waals surface area contributed by atoms with Gasteiger partial charge < -0.3 is 5.11 Å². The smallest absolute Gasteiger partial charge is 0.335 e. The van der Waals surface area contributed by atoms with Gasteiger partial charge in [0, 0.05) is 18.5 Å². The van der Waals surface area contributed by atoms with Crippen LogP contribution in [0.3, 0.4) is 0 Å². The number of hydrogen-bond donors (Lipinski definition) is 1. The molecule has 5 heteroatoms. The normalized spacial score (nSPS) is 18.9. The van der Waals surface area contributed by atoms with Crippen LogP contribution in [0.15, 0.2) is 29.6 Å². The van der Waals surface area contributed by atoms with Crippen LogP contribution < -0.4 is 0 Å². The van der Waals surface area contributed by atoms with Gasteiger partial charge in [0.15, 0.2) is 0 Å². The molecular formula is C18H22N2O2S. The lowest BCUT2D eigenvalue weighted by Gasteiger charge is -2.32. The van der Waals surface area contributed by atoms with E-state index >= 15 is 0 Å². The first-order chi connectivity index (χ1) is 11.2. The molecule has 1 aromatic heterocycles. The van der Waals surface area contributed by atoms with Gasteiger partial charge >= 0.3 is 5.97 Å². The van der Waals surface area contributed by atoms with Crippen LogP contribution in [-0.2, 0) is 13.0 Å². The molecule has 1 aromatic carbocycles. The van der Waals surface area contributed by atoms with Gasteiger partial charge in [-0.2, -0.15) is 0 Å². The quantitative estimate of drug-likeness (QED) is 0.906. The summed E-state index contributed by atoms with van der Waals surface area (Å²) in [6, 6.07) is 7.40. The maximum Gasteiger partial charge on any atom is 0.335 e.